The molecule has 1 N–H and O–H groups in total. The number of aromatic nitrogens is 3. The average molecular weight is 238 g/mol. The van der Waals surface area contributed by atoms with Crippen LogP contribution >= 0.6 is 0 Å². The van der Waals surface area contributed by atoms with Gasteiger partial charge < -0.3 is 10.0 Å². The van der Waals surface area contributed by atoms with E-state index in [0.29, 0.717) is 18.9 Å². The molecule has 1 amide bonds. The maximum absolute atomic E-state index is 11.9. The Labute approximate surface area is 100 Å². The fourth-order valence-electron chi connectivity index (χ4n) is 2.09. The molecule has 6 heteroatoms. The highest BCUT2D eigenvalue weighted by molar-refractivity contribution is 5.76. The maximum atomic E-state index is 11.9. The van der Waals surface area contributed by atoms with Gasteiger partial charge in [0.15, 0.2) is 0 Å². The summed E-state index contributed by atoms with van der Waals surface area (Å²) in [4.78, 5) is 13.8. The lowest BCUT2D eigenvalue weighted by Gasteiger charge is -2.31. The van der Waals surface area contributed by atoms with Crippen LogP contribution in [-0.4, -0.2) is 50.6 Å². The van der Waals surface area contributed by atoms with Gasteiger partial charge in [-0.1, -0.05) is 5.21 Å². The van der Waals surface area contributed by atoms with E-state index in [1.165, 1.54) is 0 Å². The van der Waals surface area contributed by atoms with Gasteiger partial charge in [-0.15, -0.1) is 5.10 Å². The largest absolute Gasteiger partial charge is 0.396 e. The number of hydrogen-bond donors (Lipinski definition) is 1. The predicted molar refractivity (Wildman–Crippen MR) is 61.0 cm³/mol. The van der Waals surface area contributed by atoms with Gasteiger partial charge >= 0.3 is 0 Å². The number of nitrogens with zero attached hydrogens (tertiary/aromatic N) is 4. The molecule has 1 aliphatic heterocycles. The Hall–Kier alpha value is -1.43. The summed E-state index contributed by atoms with van der Waals surface area (Å²) in [6.07, 6.45) is 5.65. The second-order valence-electron chi connectivity index (χ2n) is 4.42. The van der Waals surface area contributed by atoms with E-state index in [2.05, 4.69) is 10.3 Å². The fourth-order valence-corrected chi connectivity index (χ4v) is 2.09. The number of amides is 1. The van der Waals surface area contributed by atoms with Crippen molar-refractivity contribution >= 4 is 5.91 Å². The molecule has 2 rings (SSSR count). The van der Waals surface area contributed by atoms with Crippen molar-refractivity contribution in [2.24, 2.45) is 5.92 Å². The molecule has 2 heterocycles. The summed E-state index contributed by atoms with van der Waals surface area (Å²) >= 11 is 0. The summed E-state index contributed by atoms with van der Waals surface area (Å²) in [5.41, 5.74) is 0. The van der Waals surface area contributed by atoms with Gasteiger partial charge in [0.05, 0.1) is 12.7 Å². The van der Waals surface area contributed by atoms with Gasteiger partial charge in [0.1, 0.15) is 0 Å². The Bertz CT molecular complexity index is 344. The Balaban J connectivity index is 1.73. The quantitative estimate of drug-likeness (QED) is 0.795. The number of carbonyl (C=O) groups is 1. The summed E-state index contributed by atoms with van der Waals surface area (Å²) < 4.78 is 1.67. The summed E-state index contributed by atoms with van der Waals surface area (Å²) in [6.45, 7) is 2.35. The van der Waals surface area contributed by atoms with Gasteiger partial charge in [0.2, 0.25) is 5.91 Å². The standard InChI is InChI=1S/C11H18N4O2/c16-9-10-1-5-14(6-2-10)11(17)3-7-15-8-4-12-13-15/h4,8,10,16H,1-3,5-7,9H2. The first kappa shape index (κ1) is 12.0. The van der Waals surface area contributed by atoms with Crippen LogP contribution in [0.15, 0.2) is 12.4 Å². The minimum absolute atomic E-state index is 0.164. The van der Waals surface area contributed by atoms with Crippen LogP contribution in [0.25, 0.3) is 0 Å². The molecule has 94 valence electrons. The number of carbonyl (C=O) groups excluding carboxylic acids is 1. The van der Waals surface area contributed by atoms with Crippen LogP contribution in [0.1, 0.15) is 19.3 Å². The van der Waals surface area contributed by atoms with E-state index < -0.39 is 0 Å². The van der Waals surface area contributed by atoms with Crippen LogP contribution in [0.3, 0.4) is 0 Å². The van der Waals surface area contributed by atoms with Crippen molar-refractivity contribution in [3.63, 3.8) is 0 Å². The highest BCUT2D eigenvalue weighted by Crippen LogP contribution is 2.16. The van der Waals surface area contributed by atoms with Crippen LogP contribution in [0.2, 0.25) is 0 Å². The van der Waals surface area contributed by atoms with Gasteiger partial charge in [0.25, 0.3) is 0 Å². The molecule has 1 aromatic rings. The van der Waals surface area contributed by atoms with Crippen LogP contribution in [0.5, 0.6) is 0 Å². The number of rotatable bonds is 4. The smallest absolute Gasteiger partial charge is 0.224 e. The number of aliphatic hydroxyl groups excluding tert-OH is 1. The first-order chi connectivity index (χ1) is 8.29. The van der Waals surface area contributed by atoms with Crippen LogP contribution < -0.4 is 0 Å². The topological polar surface area (TPSA) is 71.2 Å². The first-order valence-electron chi connectivity index (χ1n) is 6.02. The van der Waals surface area contributed by atoms with Gasteiger partial charge in [-0.2, -0.15) is 0 Å². The third-order valence-corrected chi connectivity index (χ3v) is 3.25. The van der Waals surface area contributed by atoms with Crippen molar-refractivity contribution < 1.29 is 9.90 Å². The summed E-state index contributed by atoms with van der Waals surface area (Å²) in [5, 5.41) is 16.5. The third-order valence-electron chi connectivity index (χ3n) is 3.25. The number of likely N-dealkylation sites (tertiary alicyclic amines) is 1. The van der Waals surface area contributed by atoms with Crippen molar-refractivity contribution in [1.29, 1.82) is 0 Å². The van der Waals surface area contributed by atoms with Gasteiger partial charge in [-0.25, -0.2) is 0 Å². The molecule has 0 saturated carbocycles. The first-order valence-corrected chi connectivity index (χ1v) is 6.02. The molecule has 6 nitrogen and oxygen atoms in total. The summed E-state index contributed by atoms with van der Waals surface area (Å²) in [5.74, 6) is 0.534. The molecule has 0 aromatic carbocycles. The second kappa shape index (κ2) is 5.77. The Morgan fingerprint density at radius 2 is 2.18 bits per heavy atom. The molecule has 0 unspecified atom stereocenters. The van der Waals surface area contributed by atoms with E-state index in [4.69, 9.17) is 5.11 Å². The van der Waals surface area contributed by atoms with Crippen molar-refractivity contribution in [3.8, 4) is 0 Å². The molecular formula is C11H18N4O2. The third kappa shape index (κ3) is 3.26. The van der Waals surface area contributed by atoms with Gasteiger partial charge in [-0.3, -0.25) is 9.48 Å². The maximum Gasteiger partial charge on any atom is 0.224 e. The van der Waals surface area contributed by atoms with E-state index in [9.17, 15) is 4.79 Å². The van der Waals surface area contributed by atoms with Gasteiger partial charge in [-0.05, 0) is 18.8 Å². The Kier molecular flexibility index (Phi) is 4.08. The Morgan fingerprint density at radius 1 is 1.41 bits per heavy atom. The Morgan fingerprint density at radius 3 is 2.76 bits per heavy atom. The number of aryl methyl sites for hydroxylation is 1. The van der Waals surface area contributed by atoms with Crippen LogP contribution in [0.4, 0.5) is 0 Å². The lowest BCUT2D eigenvalue weighted by Crippen LogP contribution is -2.39. The minimum atomic E-state index is 0.164. The van der Waals surface area contributed by atoms with Crippen molar-refractivity contribution in [2.75, 3.05) is 19.7 Å². The number of hydrogen-bond acceptors (Lipinski definition) is 4. The molecule has 0 spiro atoms. The van der Waals surface area contributed by atoms with Crippen LogP contribution in [-0.2, 0) is 11.3 Å². The van der Waals surface area contributed by atoms with E-state index >= 15 is 0 Å². The lowest BCUT2D eigenvalue weighted by molar-refractivity contribution is -0.133. The molecule has 1 aromatic heterocycles. The molecule has 1 saturated heterocycles. The van der Waals surface area contributed by atoms with E-state index in [-0.39, 0.29) is 12.5 Å². The highest BCUT2D eigenvalue weighted by atomic mass is 16.3. The average Bonchev–Trinajstić information content (AvgIpc) is 2.89. The predicted octanol–water partition coefficient (Wildman–Crippen LogP) is -0.101. The summed E-state index contributed by atoms with van der Waals surface area (Å²) in [6, 6.07) is 0. The monoisotopic (exact) mass is 238 g/mol. The van der Waals surface area contributed by atoms with E-state index in [0.717, 1.165) is 25.9 Å². The van der Waals surface area contributed by atoms with Crippen molar-refractivity contribution in [1.82, 2.24) is 19.9 Å². The molecule has 1 fully saturated rings. The molecule has 0 atom stereocenters. The molecule has 17 heavy (non-hydrogen) atoms. The SMILES string of the molecule is O=C(CCn1ccnn1)N1CCC(CO)CC1. The molecule has 0 aliphatic carbocycles. The highest BCUT2D eigenvalue weighted by Gasteiger charge is 2.21. The van der Waals surface area contributed by atoms with Crippen molar-refractivity contribution in [3.05, 3.63) is 12.4 Å². The van der Waals surface area contributed by atoms with Gasteiger partial charge in [0, 0.05) is 32.3 Å². The number of piperidine rings is 1. The zero-order valence-corrected chi connectivity index (χ0v) is 9.83. The zero-order valence-electron chi connectivity index (χ0n) is 9.83. The number of aliphatic hydroxyl groups is 1. The zero-order chi connectivity index (χ0) is 12.1. The van der Waals surface area contributed by atoms with Crippen molar-refractivity contribution in [2.45, 2.75) is 25.8 Å². The summed E-state index contributed by atoms with van der Waals surface area (Å²) in [7, 11) is 0. The van der Waals surface area contributed by atoms with Crippen LogP contribution in [0, 0.1) is 5.92 Å². The fraction of sp³-hybridized carbons (Fsp3) is 0.727. The minimum Gasteiger partial charge on any atom is -0.396 e. The molecule has 0 bridgehead atoms. The van der Waals surface area contributed by atoms with E-state index in [1.54, 1.807) is 17.1 Å². The molecular weight excluding hydrogens is 220 g/mol. The van der Waals surface area contributed by atoms with E-state index in [1.807, 2.05) is 4.90 Å². The molecule has 0 radical (unpaired) electrons. The molecule has 1 aliphatic rings. The second-order valence-corrected chi connectivity index (χ2v) is 4.42. The normalized spacial score (nSPS) is 17.4. The lowest BCUT2D eigenvalue weighted by atomic mass is 9.98.